The van der Waals surface area contributed by atoms with Crippen LogP contribution in [0.4, 0.5) is 0 Å². The van der Waals surface area contributed by atoms with Crippen molar-refractivity contribution in [2.45, 2.75) is 78.7 Å². The maximum Gasteiger partial charge on any atom is 0.253 e. The minimum absolute atomic E-state index is 0.131. The number of aryl methyl sites for hydroxylation is 1. The lowest BCUT2D eigenvalue weighted by Crippen LogP contribution is -2.55. The Labute approximate surface area is 267 Å². The van der Waals surface area contributed by atoms with Gasteiger partial charge >= 0.3 is 0 Å². The number of nitrogens with zero attached hydrogens (tertiary/aromatic N) is 1. The summed E-state index contributed by atoms with van der Waals surface area (Å²) in [5.74, 6) is -2.21. The number of carbonyl (C=O) groups is 3. The van der Waals surface area contributed by atoms with E-state index in [1.807, 2.05) is 95.3 Å². The first-order chi connectivity index (χ1) is 21.5. The minimum Gasteiger partial charge on any atom is -0.390 e. The van der Waals surface area contributed by atoms with Gasteiger partial charge in [0.15, 0.2) is 0 Å². The molecular weight excluding hydrogens is 566 g/mol. The Kier molecular flexibility index (Phi) is 13.8. The van der Waals surface area contributed by atoms with Gasteiger partial charge in [0.25, 0.3) is 11.8 Å². The van der Waals surface area contributed by atoms with Crippen molar-refractivity contribution in [2.75, 3.05) is 13.1 Å². The second-order valence-electron chi connectivity index (χ2n) is 12.1. The van der Waals surface area contributed by atoms with E-state index < -0.39 is 30.1 Å². The molecule has 3 rings (SSSR count). The van der Waals surface area contributed by atoms with Gasteiger partial charge in [-0.25, -0.2) is 0 Å². The van der Waals surface area contributed by atoms with E-state index in [1.165, 1.54) is 0 Å². The molecule has 45 heavy (non-hydrogen) atoms. The van der Waals surface area contributed by atoms with Crippen molar-refractivity contribution in [2.24, 2.45) is 11.8 Å². The Bertz CT molecular complexity index is 1370. The number of hydrogen-bond acceptors (Lipinski definition) is 5. The fraction of sp³-hybridized carbons (Fsp3) is 0.432. The number of aliphatic hydroxyl groups is 2. The molecule has 0 heterocycles. The van der Waals surface area contributed by atoms with Crippen molar-refractivity contribution in [3.8, 4) is 0 Å². The molecule has 0 aliphatic rings. The van der Waals surface area contributed by atoms with Crippen LogP contribution in [-0.4, -0.2) is 64.2 Å². The first-order valence-corrected chi connectivity index (χ1v) is 16.0. The maximum absolute atomic E-state index is 13.7. The lowest BCUT2D eigenvalue weighted by molar-refractivity contribution is -0.135. The summed E-state index contributed by atoms with van der Waals surface area (Å²) in [5.41, 5.74) is 3.23. The van der Waals surface area contributed by atoms with E-state index in [2.05, 4.69) is 10.6 Å². The van der Waals surface area contributed by atoms with Crippen molar-refractivity contribution in [3.63, 3.8) is 0 Å². The summed E-state index contributed by atoms with van der Waals surface area (Å²) >= 11 is 0. The van der Waals surface area contributed by atoms with E-state index >= 15 is 0 Å². The summed E-state index contributed by atoms with van der Waals surface area (Å²) in [7, 11) is 0. The quantitative estimate of drug-likeness (QED) is 0.183. The molecule has 0 saturated heterocycles. The summed E-state index contributed by atoms with van der Waals surface area (Å²) in [5, 5.41) is 28.8. The molecule has 0 bridgehead atoms. The summed E-state index contributed by atoms with van der Waals surface area (Å²) in [6, 6.07) is 23.0. The smallest absolute Gasteiger partial charge is 0.253 e. The standard InChI is InChI=1S/C37H49N3O5/c1-6-18-40(19-7-2)37(45)30-21-26(5)20-29(23-30)35(43)39-31(22-27-14-10-8-11-15-27)33(41)34(42)32(25(3)4)36(44)38-24-28-16-12-9-13-17-28/h8-17,20-21,23,25,31-34,41-42H,6-7,18-19,22,24H2,1-5H3,(H,38,44)(H,39,43). The molecule has 0 aliphatic carbocycles. The van der Waals surface area contributed by atoms with Gasteiger partial charge in [-0.15, -0.1) is 0 Å². The number of hydrogen-bond donors (Lipinski definition) is 4. The van der Waals surface area contributed by atoms with E-state index in [1.54, 1.807) is 23.1 Å². The molecule has 0 radical (unpaired) electrons. The highest BCUT2D eigenvalue weighted by Gasteiger charge is 2.38. The molecular formula is C37H49N3O5. The Hall–Kier alpha value is -4.01. The molecule has 0 fully saturated rings. The fourth-order valence-electron chi connectivity index (χ4n) is 5.66. The molecule has 4 unspecified atom stereocenters. The van der Waals surface area contributed by atoms with Gasteiger partial charge < -0.3 is 25.7 Å². The number of nitrogens with one attached hydrogen (secondary N) is 2. The summed E-state index contributed by atoms with van der Waals surface area (Å²) < 4.78 is 0. The van der Waals surface area contributed by atoms with E-state index in [4.69, 9.17) is 0 Å². The van der Waals surface area contributed by atoms with Crippen LogP contribution in [0, 0.1) is 18.8 Å². The third kappa shape index (κ3) is 10.3. The van der Waals surface area contributed by atoms with Gasteiger partial charge in [-0.2, -0.15) is 0 Å². The van der Waals surface area contributed by atoms with E-state index in [9.17, 15) is 24.6 Å². The van der Waals surface area contributed by atoms with Gasteiger partial charge in [0.05, 0.1) is 18.1 Å². The minimum atomic E-state index is -1.46. The van der Waals surface area contributed by atoms with Crippen LogP contribution in [-0.2, 0) is 17.8 Å². The van der Waals surface area contributed by atoms with E-state index in [-0.39, 0.29) is 36.3 Å². The van der Waals surface area contributed by atoms with Gasteiger partial charge in [-0.1, -0.05) is 88.4 Å². The Morgan fingerprint density at radius 2 is 1.33 bits per heavy atom. The molecule has 8 heteroatoms. The third-order valence-electron chi connectivity index (χ3n) is 7.94. The monoisotopic (exact) mass is 615 g/mol. The average Bonchev–Trinajstić information content (AvgIpc) is 3.03. The van der Waals surface area contributed by atoms with Gasteiger partial charge in [-0.05, 0) is 67.0 Å². The lowest BCUT2D eigenvalue weighted by atomic mass is 9.83. The van der Waals surface area contributed by atoms with Crippen molar-refractivity contribution in [1.82, 2.24) is 15.5 Å². The zero-order valence-corrected chi connectivity index (χ0v) is 27.2. The molecule has 4 N–H and O–H groups in total. The molecule has 4 atom stereocenters. The molecule has 0 spiro atoms. The van der Waals surface area contributed by atoms with Crippen LogP contribution in [0.25, 0.3) is 0 Å². The highest BCUT2D eigenvalue weighted by molar-refractivity contribution is 6.00. The number of carbonyl (C=O) groups excluding carboxylic acids is 3. The predicted octanol–water partition coefficient (Wildman–Crippen LogP) is 4.91. The molecule has 0 aliphatic heterocycles. The molecule has 0 aromatic heterocycles. The second-order valence-corrected chi connectivity index (χ2v) is 12.1. The average molecular weight is 616 g/mol. The molecule has 0 saturated carbocycles. The molecule has 8 nitrogen and oxygen atoms in total. The zero-order valence-electron chi connectivity index (χ0n) is 27.2. The number of amides is 3. The number of benzene rings is 3. The highest BCUT2D eigenvalue weighted by atomic mass is 16.3. The Balaban J connectivity index is 1.86. The highest BCUT2D eigenvalue weighted by Crippen LogP contribution is 2.23. The first-order valence-electron chi connectivity index (χ1n) is 16.0. The lowest BCUT2D eigenvalue weighted by Gasteiger charge is -2.33. The van der Waals surface area contributed by atoms with Crippen molar-refractivity contribution >= 4 is 17.7 Å². The number of aliphatic hydroxyl groups excluding tert-OH is 2. The first kappa shape index (κ1) is 35.5. The van der Waals surface area contributed by atoms with Crippen molar-refractivity contribution < 1.29 is 24.6 Å². The Morgan fingerprint density at radius 1 is 0.778 bits per heavy atom. The van der Waals surface area contributed by atoms with Gasteiger partial charge in [-0.3, -0.25) is 14.4 Å². The molecule has 3 amide bonds. The van der Waals surface area contributed by atoms with Crippen LogP contribution in [0.1, 0.15) is 77.9 Å². The topological polar surface area (TPSA) is 119 Å². The normalized spacial score (nSPS) is 13.9. The van der Waals surface area contributed by atoms with Crippen LogP contribution in [0.5, 0.6) is 0 Å². The zero-order chi connectivity index (χ0) is 32.9. The summed E-state index contributed by atoms with van der Waals surface area (Å²) in [4.78, 5) is 42.2. The molecule has 3 aromatic rings. The summed E-state index contributed by atoms with van der Waals surface area (Å²) in [6.07, 6.45) is -1.04. The number of rotatable bonds is 16. The van der Waals surface area contributed by atoms with E-state index in [0.29, 0.717) is 18.7 Å². The van der Waals surface area contributed by atoms with E-state index in [0.717, 1.165) is 29.5 Å². The SMILES string of the molecule is CCCN(CCC)C(=O)c1cc(C)cc(C(=O)NC(Cc2ccccc2)C(O)C(O)C(C(=O)NCc2ccccc2)C(C)C)c1. The van der Waals surface area contributed by atoms with Crippen LogP contribution >= 0.6 is 0 Å². The van der Waals surface area contributed by atoms with Crippen LogP contribution in [0.2, 0.25) is 0 Å². The van der Waals surface area contributed by atoms with Gasteiger partial charge in [0, 0.05) is 30.8 Å². The largest absolute Gasteiger partial charge is 0.390 e. The second kappa shape index (κ2) is 17.5. The van der Waals surface area contributed by atoms with Crippen molar-refractivity contribution in [3.05, 3.63) is 107 Å². The van der Waals surface area contributed by atoms with Crippen LogP contribution in [0.15, 0.2) is 78.9 Å². The van der Waals surface area contributed by atoms with Crippen LogP contribution < -0.4 is 10.6 Å². The fourth-order valence-corrected chi connectivity index (χ4v) is 5.66. The third-order valence-corrected chi connectivity index (χ3v) is 7.94. The Morgan fingerprint density at radius 3 is 1.89 bits per heavy atom. The van der Waals surface area contributed by atoms with Gasteiger partial charge in [0.1, 0.15) is 6.10 Å². The summed E-state index contributed by atoms with van der Waals surface area (Å²) in [6.45, 7) is 11.1. The van der Waals surface area contributed by atoms with Crippen molar-refractivity contribution in [1.29, 1.82) is 0 Å². The molecule has 3 aromatic carbocycles. The van der Waals surface area contributed by atoms with Gasteiger partial charge in [0.2, 0.25) is 5.91 Å². The van der Waals surface area contributed by atoms with Crippen LogP contribution in [0.3, 0.4) is 0 Å². The maximum atomic E-state index is 13.7. The molecule has 242 valence electrons. The predicted molar refractivity (Wildman–Crippen MR) is 178 cm³/mol.